The zero-order valence-corrected chi connectivity index (χ0v) is 17.6. The van der Waals surface area contributed by atoms with E-state index in [1.807, 2.05) is 13.8 Å². The fraction of sp³-hybridized carbons (Fsp3) is 0.545. The first-order valence-electron chi connectivity index (χ1n) is 10.5. The molecule has 8 nitrogen and oxygen atoms in total. The summed E-state index contributed by atoms with van der Waals surface area (Å²) in [5.74, 6) is -1.21. The van der Waals surface area contributed by atoms with Crippen molar-refractivity contribution in [3.63, 3.8) is 0 Å². The highest BCUT2D eigenvalue weighted by atomic mass is 16.5. The van der Waals surface area contributed by atoms with Crippen LogP contribution in [0.25, 0.3) is 0 Å². The van der Waals surface area contributed by atoms with Gasteiger partial charge in [0.2, 0.25) is 5.91 Å². The summed E-state index contributed by atoms with van der Waals surface area (Å²) in [6.07, 6.45) is 4.37. The summed E-state index contributed by atoms with van der Waals surface area (Å²) in [6, 6.07) is 6.94. The smallest absolute Gasteiger partial charge is 0.325 e. The van der Waals surface area contributed by atoms with Crippen LogP contribution >= 0.6 is 0 Å². The van der Waals surface area contributed by atoms with Crippen molar-refractivity contribution in [2.75, 3.05) is 24.6 Å². The quantitative estimate of drug-likeness (QED) is 0.716. The molecular weight excluding hydrogens is 386 g/mol. The van der Waals surface area contributed by atoms with Crippen molar-refractivity contribution in [1.29, 1.82) is 0 Å². The molecule has 3 rings (SSSR count). The second-order valence-corrected chi connectivity index (χ2v) is 7.97. The van der Waals surface area contributed by atoms with Crippen molar-refractivity contribution in [3.8, 4) is 0 Å². The summed E-state index contributed by atoms with van der Waals surface area (Å²) in [6.45, 7) is 4.05. The second-order valence-electron chi connectivity index (χ2n) is 7.97. The standard InChI is InChI=1S/C22H29N3O5/c1-15-5-3-6-16(2)25(15)20(27)14-30-21(28)13-23-22(29)17-8-10-18(11-9-17)24-12-4-7-19(24)26/h8-11,15-16H,3-7,12-14H2,1-2H3,(H,23,29)/t15-,16-/m1/s1. The molecular formula is C22H29N3O5. The Morgan fingerprint density at radius 2 is 1.73 bits per heavy atom. The van der Waals surface area contributed by atoms with Gasteiger partial charge in [0.25, 0.3) is 11.8 Å². The SMILES string of the molecule is C[C@@H]1CCC[C@@H](C)N1C(=O)COC(=O)CNC(=O)c1ccc(N2CCCC2=O)cc1. The Bertz CT molecular complexity index is 797. The third kappa shape index (κ3) is 5.17. The number of likely N-dealkylation sites (tertiary alicyclic amines) is 1. The van der Waals surface area contributed by atoms with Gasteiger partial charge >= 0.3 is 5.97 Å². The molecule has 1 N–H and O–H groups in total. The summed E-state index contributed by atoms with van der Waals surface area (Å²) in [4.78, 5) is 51.8. The van der Waals surface area contributed by atoms with Crippen molar-refractivity contribution >= 4 is 29.4 Å². The van der Waals surface area contributed by atoms with E-state index in [1.165, 1.54) is 0 Å². The lowest BCUT2D eigenvalue weighted by Crippen LogP contribution is -2.49. The number of benzene rings is 1. The van der Waals surface area contributed by atoms with Crippen molar-refractivity contribution in [1.82, 2.24) is 10.2 Å². The van der Waals surface area contributed by atoms with Crippen LogP contribution in [0.4, 0.5) is 5.69 Å². The molecule has 2 saturated heterocycles. The number of amides is 3. The number of nitrogens with one attached hydrogen (secondary N) is 1. The minimum atomic E-state index is -0.659. The fourth-order valence-corrected chi connectivity index (χ4v) is 4.15. The molecule has 1 aromatic carbocycles. The van der Waals surface area contributed by atoms with Crippen molar-refractivity contribution in [2.24, 2.45) is 0 Å². The molecule has 2 aliphatic rings. The van der Waals surface area contributed by atoms with E-state index in [0.29, 0.717) is 18.5 Å². The lowest BCUT2D eigenvalue weighted by atomic mass is 9.97. The van der Waals surface area contributed by atoms with Gasteiger partial charge in [-0.15, -0.1) is 0 Å². The molecule has 0 aromatic heterocycles. The first kappa shape index (κ1) is 21.8. The predicted molar refractivity (Wildman–Crippen MR) is 111 cm³/mol. The number of esters is 1. The van der Waals surface area contributed by atoms with E-state index in [9.17, 15) is 19.2 Å². The van der Waals surface area contributed by atoms with E-state index >= 15 is 0 Å². The number of piperidine rings is 1. The lowest BCUT2D eigenvalue weighted by Gasteiger charge is -2.38. The van der Waals surface area contributed by atoms with E-state index < -0.39 is 11.9 Å². The summed E-state index contributed by atoms with van der Waals surface area (Å²) >= 11 is 0. The predicted octanol–water partition coefficient (Wildman–Crippen LogP) is 1.88. The number of carbonyl (C=O) groups excluding carboxylic acids is 4. The number of rotatable bonds is 6. The van der Waals surface area contributed by atoms with Crippen LogP contribution < -0.4 is 10.2 Å². The molecule has 0 spiro atoms. The lowest BCUT2D eigenvalue weighted by molar-refractivity contribution is -0.154. The summed E-state index contributed by atoms with van der Waals surface area (Å²) < 4.78 is 5.05. The third-order valence-electron chi connectivity index (χ3n) is 5.75. The molecule has 0 saturated carbocycles. The Morgan fingerprint density at radius 3 is 2.33 bits per heavy atom. The van der Waals surface area contributed by atoms with E-state index in [-0.39, 0.29) is 37.0 Å². The molecule has 3 amide bonds. The monoisotopic (exact) mass is 415 g/mol. The topological polar surface area (TPSA) is 96.0 Å². The van der Waals surface area contributed by atoms with Gasteiger partial charge in [-0.2, -0.15) is 0 Å². The number of carbonyl (C=O) groups is 4. The first-order valence-corrected chi connectivity index (χ1v) is 10.5. The Kier molecular flexibility index (Phi) is 7.07. The van der Waals surface area contributed by atoms with Gasteiger partial charge in [-0.25, -0.2) is 0 Å². The molecule has 8 heteroatoms. The van der Waals surface area contributed by atoms with Crippen LogP contribution in [0.5, 0.6) is 0 Å². The third-order valence-corrected chi connectivity index (χ3v) is 5.75. The molecule has 2 heterocycles. The molecule has 0 unspecified atom stereocenters. The van der Waals surface area contributed by atoms with Gasteiger partial charge in [-0.05, 0) is 63.8 Å². The average Bonchev–Trinajstić information content (AvgIpc) is 3.16. The van der Waals surface area contributed by atoms with Crippen LogP contribution in [0.2, 0.25) is 0 Å². The van der Waals surface area contributed by atoms with Crippen molar-refractivity contribution in [3.05, 3.63) is 29.8 Å². The number of hydrogen-bond acceptors (Lipinski definition) is 5. The van der Waals surface area contributed by atoms with E-state index in [0.717, 1.165) is 31.4 Å². The first-order chi connectivity index (χ1) is 14.4. The molecule has 0 bridgehead atoms. The maximum atomic E-state index is 12.4. The van der Waals surface area contributed by atoms with Crippen LogP contribution in [-0.4, -0.2) is 60.4 Å². The van der Waals surface area contributed by atoms with Gasteiger partial charge in [-0.3, -0.25) is 19.2 Å². The highest BCUT2D eigenvalue weighted by Crippen LogP contribution is 2.23. The van der Waals surface area contributed by atoms with Crippen molar-refractivity contribution < 1.29 is 23.9 Å². The number of nitrogens with zero attached hydrogens (tertiary/aromatic N) is 2. The summed E-state index contributed by atoms with van der Waals surface area (Å²) in [5, 5.41) is 2.50. The molecule has 0 radical (unpaired) electrons. The maximum Gasteiger partial charge on any atom is 0.325 e. The molecule has 1 aromatic rings. The van der Waals surface area contributed by atoms with Crippen LogP contribution in [0.15, 0.2) is 24.3 Å². The molecule has 162 valence electrons. The molecule has 30 heavy (non-hydrogen) atoms. The van der Waals surface area contributed by atoms with E-state index in [4.69, 9.17) is 4.74 Å². The fourth-order valence-electron chi connectivity index (χ4n) is 4.15. The molecule has 2 atom stereocenters. The van der Waals surface area contributed by atoms with Gasteiger partial charge in [0.15, 0.2) is 6.61 Å². The zero-order chi connectivity index (χ0) is 21.7. The maximum absolute atomic E-state index is 12.4. The zero-order valence-electron chi connectivity index (χ0n) is 17.6. The molecule has 2 aliphatic heterocycles. The van der Waals surface area contributed by atoms with Crippen LogP contribution in [0, 0.1) is 0 Å². The molecule has 0 aliphatic carbocycles. The number of ether oxygens (including phenoxy) is 1. The van der Waals surface area contributed by atoms with Crippen LogP contribution in [0.3, 0.4) is 0 Å². The van der Waals surface area contributed by atoms with Crippen LogP contribution in [0.1, 0.15) is 56.3 Å². The Labute approximate surface area is 176 Å². The number of anilines is 1. The molecule has 2 fully saturated rings. The van der Waals surface area contributed by atoms with Gasteiger partial charge in [0.05, 0.1) is 0 Å². The summed E-state index contributed by atoms with van der Waals surface area (Å²) in [7, 11) is 0. The Morgan fingerprint density at radius 1 is 1.07 bits per heavy atom. The second kappa shape index (κ2) is 9.73. The Hall–Kier alpha value is -2.90. The highest BCUT2D eigenvalue weighted by molar-refractivity contribution is 5.98. The van der Waals surface area contributed by atoms with E-state index in [2.05, 4.69) is 5.32 Å². The van der Waals surface area contributed by atoms with Gasteiger partial charge in [0.1, 0.15) is 6.54 Å². The summed E-state index contributed by atoms with van der Waals surface area (Å²) in [5.41, 5.74) is 1.14. The largest absolute Gasteiger partial charge is 0.454 e. The minimum Gasteiger partial charge on any atom is -0.454 e. The minimum absolute atomic E-state index is 0.0813. The van der Waals surface area contributed by atoms with Crippen LogP contribution in [-0.2, 0) is 19.1 Å². The Balaban J connectivity index is 1.43. The van der Waals surface area contributed by atoms with Crippen molar-refractivity contribution in [2.45, 2.75) is 58.0 Å². The average molecular weight is 415 g/mol. The van der Waals surface area contributed by atoms with E-state index in [1.54, 1.807) is 34.1 Å². The van der Waals surface area contributed by atoms with Gasteiger partial charge < -0.3 is 19.9 Å². The van der Waals surface area contributed by atoms with Gasteiger partial charge in [0, 0.05) is 36.3 Å². The number of hydrogen-bond donors (Lipinski definition) is 1. The highest BCUT2D eigenvalue weighted by Gasteiger charge is 2.29. The normalized spacial score (nSPS) is 21.5. The van der Waals surface area contributed by atoms with Gasteiger partial charge in [-0.1, -0.05) is 0 Å².